The van der Waals surface area contributed by atoms with Crippen molar-refractivity contribution >= 4 is 25.7 Å². The minimum absolute atomic E-state index is 0.0279. The number of rotatable bonds is 38. The number of unbranched alkanes of at least 4 members (excludes halogenated alkanes) is 8. The molecule has 0 amide bonds. The number of phosphoric ester groups is 1. The molecular weight excluding hydrogens is 757 g/mol. The van der Waals surface area contributed by atoms with E-state index in [1.807, 2.05) is 18.2 Å². The van der Waals surface area contributed by atoms with Crippen molar-refractivity contribution in [2.75, 3.05) is 19.8 Å². The number of esters is 2. The summed E-state index contributed by atoms with van der Waals surface area (Å²) < 4.78 is 32.6. The van der Waals surface area contributed by atoms with Gasteiger partial charge in [-0.15, -0.1) is 0 Å². The first-order valence-electron chi connectivity index (χ1n) is 21.3. The van der Waals surface area contributed by atoms with Crippen LogP contribution in [-0.4, -0.2) is 59.9 Å². The van der Waals surface area contributed by atoms with E-state index in [1.54, 1.807) is 0 Å². The highest BCUT2D eigenvalue weighted by Crippen LogP contribution is 2.43. The molecule has 0 heterocycles. The number of hydrogen-bond donors (Lipinski definition) is 3. The second kappa shape index (κ2) is 40.2. The lowest BCUT2D eigenvalue weighted by Gasteiger charge is -2.20. The SMILES string of the molecule is CC/C=C/C/C=C/C/C=C/CCCCCCCC(=O)OC[C@H](COP(=O)(O)OC[C@H](N)C(=O)O)OC(=O)CC/C=C/C/C=C/C/C=C/C/C=C/C/C=C/CCCCC. The van der Waals surface area contributed by atoms with Crippen LogP contribution in [0, 0.1) is 0 Å². The van der Waals surface area contributed by atoms with E-state index in [9.17, 15) is 23.8 Å². The van der Waals surface area contributed by atoms with E-state index in [4.69, 9.17) is 24.8 Å². The van der Waals surface area contributed by atoms with Crippen molar-refractivity contribution in [2.45, 2.75) is 154 Å². The van der Waals surface area contributed by atoms with Crippen molar-refractivity contribution in [2.24, 2.45) is 5.73 Å². The number of aliphatic carboxylic acids is 1. The molecule has 0 aromatic rings. The number of nitrogens with two attached hydrogens (primary N) is 1. The molecule has 0 saturated heterocycles. The minimum Gasteiger partial charge on any atom is -0.480 e. The second-order valence-electron chi connectivity index (χ2n) is 13.7. The summed E-state index contributed by atoms with van der Waals surface area (Å²) in [4.78, 5) is 45.9. The number of ether oxygens (including phenoxy) is 2. The molecule has 11 nitrogen and oxygen atoms in total. The van der Waals surface area contributed by atoms with Gasteiger partial charge in [0.15, 0.2) is 6.10 Å². The van der Waals surface area contributed by atoms with Crippen molar-refractivity contribution in [3.63, 3.8) is 0 Å². The Morgan fingerprint density at radius 3 is 1.52 bits per heavy atom. The molecule has 3 atom stereocenters. The Bertz CT molecular complexity index is 1350. The van der Waals surface area contributed by atoms with Crippen molar-refractivity contribution in [1.29, 1.82) is 0 Å². The van der Waals surface area contributed by atoms with Crippen LogP contribution in [0.5, 0.6) is 0 Å². The van der Waals surface area contributed by atoms with Gasteiger partial charge < -0.3 is 25.2 Å². The smallest absolute Gasteiger partial charge is 0.472 e. The highest BCUT2D eigenvalue weighted by atomic mass is 31.2. The van der Waals surface area contributed by atoms with Gasteiger partial charge >= 0.3 is 25.7 Å². The number of carboxylic acid groups (broad SMARTS) is 1. The van der Waals surface area contributed by atoms with Crippen molar-refractivity contribution < 1.29 is 47.5 Å². The van der Waals surface area contributed by atoms with Crippen LogP contribution < -0.4 is 5.73 Å². The van der Waals surface area contributed by atoms with E-state index >= 15 is 0 Å². The molecule has 0 aliphatic carbocycles. The quantitative estimate of drug-likeness (QED) is 0.0234. The maximum Gasteiger partial charge on any atom is 0.472 e. The van der Waals surface area contributed by atoms with Gasteiger partial charge in [-0.1, -0.05) is 143 Å². The normalized spacial score (nSPS) is 14.7. The molecular formula is C46H74NO10P. The average Bonchev–Trinajstić information content (AvgIpc) is 3.20. The van der Waals surface area contributed by atoms with Gasteiger partial charge in [0.1, 0.15) is 12.6 Å². The van der Waals surface area contributed by atoms with Gasteiger partial charge in [-0.05, 0) is 83.5 Å². The standard InChI is InChI=1S/C46H74NO10P/c1-3-5-7-9-11-13-15-17-19-20-21-22-24-26-28-30-32-34-36-38-45(49)57-42(40-55-58(52,53)56-41-43(47)46(50)51)39-54-44(48)37-35-33-31-29-27-25-23-18-16-14-12-10-8-6-4-2/h6,8,11-14,17-19,21-23,26,28,32,34,42-43H,3-5,7,9-10,15-16,20,24-25,27,29-31,33,35-41,47H2,1-2H3,(H,50,51)(H,52,53)/b8-6+,13-11+,14-12+,19-17+,22-21+,23-18+,28-26+,34-32+/t42-,43+/m1/s1. The summed E-state index contributed by atoms with van der Waals surface area (Å²) in [7, 11) is -4.75. The Labute approximate surface area is 349 Å². The number of carbonyl (C=O) groups is 3. The van der Waals surface area contributed by atoms with E-state index in [1.165, 1.54) is 19.3 Å². The number of hydrogen-bond acceptors (Lipinski definition) is 9. The average molecular weight is 832 g/mol. The van der Waals surface area contributed by atoms with E-state index in [0.717, 1.165) is 77.0 Å². The molecule has 0 saturated carbocycles. The van der Waals surface area contributed by atoms with Crippen molar-refractivity contribution in [3.05, 3.63) is 97.2 Å². The molecule has 0 rings (SSSR count). The van der Waals surface area contributed by atoms with Crippen LogP contribution in [0.15, 0.2) is 97.2 Å². The first-order valence-corrected chi connectivity index (χ1v) is 22.8. The first kappa shape index (κ1) is 54.4. The summed E-state index contributed by atoms with van der Waals surface area (Å²) in [5, 5.41) is 8.88. The predicted molar refractivity (Wildman–Crippen MR) is 235 cm³/mol. The van der Waals surface area contributed by atoms with Gasteiger partial charge in [0, 0.05) is 12.8 Å². The molecule has 12 heteroatoms. The van der Waals surface area contributed by atoms with E-state index in [0.29, 0.717) is 19.3 Å². The number of carboxylic acids is 1. The summed E-state index contributed by atoms with van der Waals surface area (Å²) in [6.45, 7) is 2.54. The Balaban J connectivity index is 4.56. The van der Waals surface area contributed by atoms with E-state index in [2.05, 4.69) is 97.4 Å². The monoisotopic (exact) mass is 832 g/mol. The van der Waals surface area contributed by atoms with E-state index < -0.39 is 57.7 Å². The van der Waals surface area contributed by atoms with Crippen LogP contribution in [0.3, 0.4) is 0 Å². The van der Waals surface area contributed by atoms with Crippen LogP contribution in [0.25, 0.3) is 0 Å². The third-order valence-corrected chi connectivity index (χ3v) is 9.28. The zero-order valence-electron chi connectivity index (χ0n) is 35.3. The molecule has 1 unspecified atom stereocenters. The lowest BCUT2D eigenvalue weighted by Crippen LogP contribution is -2.34. The fourth-order valence-electron chi connectivity index (χ4n) is 5.00. The van der Waals surface area contributed by atoms with Gasteiger partial charge in [-0.25, -0.2) is 4.57 Å². The number of allylic oxidation sites excluding steroid dienone is 16. The highest BCUT2D eigenvalue weighted by Gasteiger charge is 2.28. The maximum atomic E-state index is 12.6. The van der Waals surface area contributed by atoms with Crippen LogP contribution in [0.1, 0.15) is 142 Å². The fourth-order valence-corrected chi connectivity index (χ4v) is 5.78. The van der Waals surface area contributed by atoms with E-state index in [-0.39, 0.29) is 12.8 Å². The summed E-state index contributed by atoms with van der Waals surface area (Å²) in [6.07, 6.45) is 50.6. The van der Waals surface area contributed by atoms with Crippen LogP contribution in [0.4, 0.5) is 0 Å². The third-order valence-electron chi connectivity index (χ3n) is 8.33. The molecule has 0 bridgehead atoms. The molecule has 0 aliphatic rings. The number of carbonyl (C=O) groups excluding carboxylic acids is 2. The Morgan fingerprint density at radius 2 is 1.00 bits per heavy atom. The Morgan fingerprint density at radius 1 is 0.552 bits per heavy atom. The summed E-state index contributed by atoms with van der Waals surface area (Å²) >= 11 is 0. The van der Waals surface area contributed by atoms with Gasteiger partial charge in [0.05, 0.1) is 13.2 Å². The maximum absolute atomic E-state index is 12.6. The van der Waals surface area contributed by atoms with Gasteiger partial charge in [-0.3, -0.25) is 23.4 Å². The second-order valence-corrected chi connectivity index (χ2v) is 15.2. The molecule has 0 fully saturated rings. The summed E-state index contributed by atoms with van der Waals surface area (Å²) in [5.41, 5.74) is 5.32. The fraction of sp³-hybridized carbons (Fsp3) is 0.587. The third kappa shape index (κ3) is 39.2. The minimum atomic E-state index is -4.75. The van der Waals surface area contributed by atoms with Gasteiger partial charge in [0.2, 0.25) is 0 Å². The molecule has 0 radical (unpaired) electrons. The largest absolute Gasteiger partial charge is 0.480 e. The molecule has 0 spiro atoms. The highest BCUT2D eigenvalue weighted by molar-refractivity contribution is 7.47. The summed E-state index contributed by atoms with van der Waals surface area (Å²) in [5.74, 6) is -2.52. The zero-order chi connectivity index (χ0) is 42.8. The van der Waals surface area contributed by atoms with Crippen LogP contribution in [-0.2, 0) is 37.5 Å². The molecule has 328 valence electrons. The lowest BCUT2D eigenvalue weighted by molar-refractivity contribution is -0.161. The summed E-state index contributed by atoms with van der Waals surface area (Å²) in [6, 6.07) is -1.54. The Hall–Kier alpha value is -3.60. The number of phosphoric acid groups is 1. The Kier molecular flexibility index (Phi) is 37.7. The first-order chi connectivity index (χ1) is 28.1. The molecule has 58 heavy (non-hydrogen) atoms. The van der Waals surface area contributed by atoms with Crippen LogP contribution >= 0.6 is 7.82 Å². The zero-order valence-corrected chi connectivity index (χ0v) is 36.2. The topological polar surface area (TPSA) is 172 Å². The molecule has 0 aromatic carbocycles. The molecule has 4 N–H and O–H groups in total. The van der Waals surface area contributed by atoms with Gasteiger partial charge in [0.25, 0.3) is 0 Å². The lowest BCUT2D eigenvalue weighted by atomic mass is 10.1. The van der Waals surface area contributed by atoms with Crippen molar-refractivity contribution in [1.82, 2.24) is 0 Å². The predicted octanol–water partition coefficient (Wildman–Crippen LogP) is 11.3. The molecule has 0 aliphatic heterocycles. The molecule has 0 aromatic heterocycles. The van der Waals surface area contributed by atoms with Crippen LogP contribution in [0.2, 0.25) is 0 Å². The van der Waals surface area contributed by atoms with Crippen molar-refractivity contribution in [3.8, 4) is 0 Å². The van der Waals surface area contributed by atoms with Gasteiger partial charge in [-0.2, -0.15) is 0 Å².